The smallest absolute Gasteiger partial charge is 0.356 e. The predicted octanol–water partition coefficient (Wildman–Crippen LogP) is 2.35. The number of rotatable bonds is 4. The molecule has 0 aromatic carbocycles. The molecular weight excluding hydrogens is 272 g/mol. The third-order valence-electron chi connectivity index (χ3n) is 2.64. The Morgan fingerprint density at radius 1 is 1.50 bits per heavy atom. The van der Waals surface area contributed by atoms with Crippen molar-refractivity contribution in [2.75, 3.05) is 16.8 Å². The van der Waals surface area contributed by atoms with Crippen LogP contribution in [-0.2, 0) is 0 Å². The molecule has 1 atom stereocenters. The quantitative estimate of drug-likeness (QED) is 0.827. The SMILES string of the molecule is CC(=O)c1sc(NC2CCCSC2)nc1C(=O)O. The second-order valence-electron chi connectivity index (χ2n) is 4.12. The molecule has 98 valence electrons. The van der Waals surface area contributed by atoms with Crippen molar-refractivity contribution in [1.29, 1.82) is 0 Å². The third kappa shape index (κ3) is 3.02. The van der Waals surface area contributed by atoms with Gasteiger partial charge in [0, 0.05) is 18.7 Å². The Bertz CT molecular complexity index is 435. The van der Waals surface area contributed by atoms with Gasteiger partial charge in [-0.3, -0.25) is 4.79 Å². The van der Waals surface area contributed by atoms with E-state index in [-0.39, 0.29) is 16.4 Å². The van der Waals surface area contributed by atoms with Crippen LogP contribution in [0.1, 0.15) is 39.9 Å². The maximum Gasteiger partial charge on any atom is 0.356 e. The number of carboxylic acid groups (broad SMARTS) is 1. The maximum absolute atomic E-state index is 11.4. The number of aromatic nitrogens is 1. The molecule has 2 rings (SSSR count). The molecule has 2 N–H and O–H groups in total. The first-order chi connectivity index (χ1) is 8.58. The lowest BCUT2D eigenvalue weighted by molar-refractivity contribution is 0.0687. The van der Waals surface area contributed by atoms with E-state index in [0.717, 1.165) is 29.9 Å². The molecule has 0 radical (unpaired) electrons. The van der Waals surface area contributed by atoms with Gasteiger partial charge in [-0.25, -0.2) is 9.78 Å². The Hall–Kier alpha value is -1.08. The molecule has 1 unspecified atom stereocenters. The average molecular weight is 286 g/mol. The van der Waals surface area contributed by atoms with Crippen molar-refractivity contribution >= 4 is 40.0 Å². The molecule has 0 bridgehead atoms. The fraction of sp³-hybridized carbons (Fsp3) is 0.545. The molecular formula is C11H14N2O3S2. The van der Waals surface area contributed by atoms with E-state index in [9.17, 15) is 9.59 Å². The Morgan fingerprint density at radius 3 is 2.78 bits per heavy atom. The van der Waals surface area contributed by atoms with Gasteiger partial charge < -0.3 is 10.4 Å². The predicted molar refractivity (Wildman–Crippen MR) is 73.0 cm³/mol. The van der Waals surface area contributed by atoms with Gasteiger partial charge in [-0.05, 0) is 18.6 Å². The van der Waals surface area contributed by atoms with Crippen LogP contribution < -0.4 is 5.32 Å². The number of anilines is 1. The van der Waals surface area contributed by atoms with Crippen molar-refractivity contribution in [1.82, 2.24) is 4.98 Å². The summed E-state index contributed by atoms with van der Waals surface area (Å²) in [6.45, 7) is 1.36. The van der Waals surface area contributed by atoms with Gasteiger partial charge in [-0.1, -0.05) is 11.3 Å². The number of aromatic carboxylic acids is 1. The van der Waals surface area contributed by atoms with E-state index in [2.05, 4.69) is 10.3 Å². The first kappa shape index (κ1) is 13.4. The van der Waals surface area contributed by atoms with Crippen LogP contribution >= 0.6 is 23.1 Å². The van der Waals surface area contributed by atoms with Gasteiger partial charge in [0.15, 0.2) is 16.6 Å². The number of Topliss-reactive ketones (excluding diaryl/α,β-unsaturated/α-hetero) is 1. The summed E-state index contributed by atoms with van der Waals surface area (Å²) in [5.41, 5.74) is -0.140. The number of thioether (sulfide) groups is 1. The molecule has 1 aromatic rings. The van der Waals surface area contributed by atoms with E-state index < -0.39 is 5.97 Å². The highest BCUT2D eigenvalue weighted by molar-refractivity contribution is 7.99. The molecule has 1 saturated heterocycles. The van der Waals surface area contributed by atoms with Crippen LogP contribution in [0, 0.1) is 0 Å². The topological polar surface area (TPSA) is 79.3 Å². The van der Waals surface area contributed by atoms with Gasteiger partial charge in [0.2, 0.25) is 0 Å². The first-order valence-corrected chi connectivity index (χ1v) is 7.64. The normalized spacial score (nSPS) is 19.5. The standard InChI is InChI=1S/C11H14N2O3S2/c1-6(14)9-8(10(15)16)13-11(18-9)12-7-3-2-4-17-5-7/h7H,2-5H2,1H3,(H,12,13)(H,15,16). The maximum atomic E-state index is 11.4. The zero-order chi connectivity index (χ0) is 13.1. The van der Waals surface area contributed by atoms with Crippen LogP contribution in [-0.4, -0.2) is 39.4 Å². The summed E-state index contributed by atoms with van der Waals surface area (Å²) in [6.07, 6.45) is 2.21. The number of ketones is 1. The Morgan fingerprint density at radius 2 is 2.28 bits per heavy atom. The minimum absolute atomic E-state index is 0.140. The minimum Gasteiger partial charge on any atom is -0.476 e. The molecule has 18 heavy (non-hydrogen) atoms. The second-order valence-corrected chi connectivity index (χ2v) is 6.27. The monoisotopic (exact) mass is 286 g/mol. The number of thiazole rings is 1. The fourth-order valence-electron chi connectivity index (χ4n) is 1.79. The molecule has 1 fully saturated rings. The van der Waals surface area contributed by atoms with Crippen molar-refractivity contribution in [2.45, 2.75) is 25.8 Å². The highest BCUT2D eigenvalue weighted by atomic mass is 32.2. The number of carboxylic acids is 1. The molecule has 1 aromatic heterocycles. The summed E-state index contributed by atoms with van der Waals surface area (Å²) >= 11 is 3.00. The minimum atomic E-state index is -1.15. The van der Waals surface area contributed by atoms with Crippen molar-refractivity contribution in [3.63, 3.8) is 0 Å². The van der Waals surface area contributed by atoms with Gasteiger partial charge in [-0.2, -0.15) is 11.8 Å². The summed E-state index contributed by atoms with van der Waals surface area (Å²) in [5, 5.41) is 12.7. The van der Waals surface area contributed by atoms with Crippen LogP contribution in [0.4, 0.5) is 5.13 Å². The van der Waals surface area contributed by atoms with Crippen LogP contribution in [0.3, 0.4) is 0 Å². The Balaban J connectivity index is 2.15. The van der Waals surface area contributed by atoms with Crippen molar-refractivity contribution in [2.24, 2.45) is 0 Å². The molecule has 2 heterocycles. The molecule has 0 aliphatic carbocycles. The van der Waals surface area contributed by atoms with Gasteiger partial charge in [0.1, 0.15) is 4.88 Å². The summed E-state index contributed by atoms with van der Waals surface area (Å²) in [5.74, 6) is 0.769. The number of hydrogen-bond donors (Lipinski definition) is 2. The largest absolute Gasteiger partial charge is 0.476 e. The van der Waals surface area contributed by atoms with E-state index in [0.29, 0.717) is 11.2 Å². The van der Waals surface area contributed by atoms with E-state index in [1.165, 1.54) is 12.7 Å². The van der Waals surface area contributed by atoms with Crippen molar-refractivity contribution in [3.05, 3.63) is 10.6 Å². The zero-order valence-corrected chi connectivity index (χ0v) is 11.6. The lowest BCUT2D eigenvalue weighted by Crippen LogP contribution is -2.25. The summed E-state index contributed by atoms with van der Waals surface area (Å²) < 4.78 is 0. The van der Waals surface area contributed by atoms with Crippen LogP contribution in [0.5, 0.6) is 0 Å². The number of nitrogens with zero attached hydrogens (tertiary/aromatic N) is 1. The van der Waals surface area contributed by atoms with E-state index in [4.69, 9.17) is 5.11 Å². The van der Waals surface area contributed by atoms with Gasteiger partial charge in [-0.15, -0.1) is 0 Å². The van der Waals surface area contributed by atoms with E-state index >= 15 is 0 Å². The third-order valence-corrected chi connectivity index (χ3v) is 4.94. The summed E-state index contributed by atoms with van der Waals surface area (Å²) in [6, 6.07) is 0.316. The Labute approximate surface area is 113 Å². The molecule has 1 aliphatic heterocycles. The molecule has 7 heteroatoms. The van der Waals surface area contributed by atoms with E-state index in [1.54, 1.807) is 0 Å². The van der Waals surface area contributed by atoms with Crippen LogP contribution in [0.25, 0.3) is 0 Å². The number of hydrogen-bond acceptors (Lipinski definition) is 6. The fourth-order valence-corrected chi connectivity index (χ4v) is 3.80. The number of carbonyl (C=O) groups excluding carboxylic acids is 1. The van der Waals surface area contributed by atoms with E-state index in [1.807, 2.05) is 11.8 Å². The van der Waals surface area contributed by atoms with Gasteiger partial charge >= 0.3 is 5.97 Å². The molecule has 5 nitrogen and oxygen atoms in total. The summed E-state index contributed by atoms with van der Waals surface area (Å²) in [7, 11) is 0. The Kier molecular flexibility index (Phi) is 4.23. The highest BCUT2D eigenvalue weighted by Gasteiger charge is 2.22. The molecule has 0 saturated carbocycles. The average Bonchev–Trinajstić information content (AvgIpc) is 2.74. The van der Waals surface area contributed by atoms with Crippen LogP contribution in [0.15, 0.2) is 0 Å². The lowest BCUT2D eigenvalue weighted by Gasteiger charge is -2.21. The van der Waals surface area contributed by atoms with Crippen molar-refractivity contribution in [3.8, 4) is 0 Å². The summed E-state index contributed by atoms with van der Waals surface area (Å²) in [4.78, 5) is 26.6. The molecule has 1 aliphatic rings. The van der Waals surface area contributed by atoms with Crippen molar-refractivity contribution < 1.29 is 14.7 Å². The number of nitrogens with one attached hydrogen (secondary N) is 1. The molecule has 0 spiro atoms. The number of carbonyl (C=O) groups is 2. The zero-order valence-electron chi connectivity index (χ0n) is 9.93. The highest BCUT2D eigenvalue weighted by Crippen LogP contribution is 2.27. The lowest BCUT2D eigenvalue weighted by atomic mass is 10.2. The van der Waals surface area contributed by atoms with Crippen LogP contribution in [0.2, 0.25) is 0 Å². The molecule has 0 amide bonds. The second kappa shape index (κ2) is 5.71. The van der Waals surface area contributed by atoms with Gasteiger partial charge in [0.05, 0.1) is 0 Å². The van der Waals surface area contributed by atoms with Gasteiger partial charge in [0.25, 0.3) is 0 Å². The first-order valence-electron chi connectivity index (χ1n) is 5.67.